The number of benzene rings is 2. The maximum Gasteiger partial charge on any atom is 0.416 e. The number of urea groups is 1. The molecule has 0 fully saturated rings. The molecule has 3 rings (SSSR count). The van der Waals surface area contributed by atoms with Gasteiger partial charge in [-0.05, 0) is 24.6 Å². The average molecular weight is 360 g/mol. The van der Waals surface area contributed by atoms with Crippen LogP contribution in [-0.4, -0.2) is 11.8 Å². The van der Waals surface area contributed by atoms with E-state index >= 15 is 0 Å². The van der Waals surface area contributed by atoms with E-state index in [1.165, 1.54) is 12.1 Å². The van der Waals surface area contributed by atoms with E-state index in [2.05, 4.69) is 10.6 Å². The lowest BCUT2D eigenvalue weighted by atomic mass is 9.89. The first kappa shape index (κ1) is 17.7. The molecule has 0 spiro atoms. The van der Waals surface area contributed by atoms with Crippen molar-refractivity contribution in [3.05, 3.63) is 82.6 Å². The molecular formula is C19H15F3N2O2. The number of carbonyl (C=O) groups excluding carboxylic acids is 2. The Morgan fingerprint density at radius 1 is 1.04 bits per heavy atom. The molecule has 0 saturated heterocycles. The predicted molar refractivity (Wildman–Crippen MR) is 89.3 cm³/mol. The first-order chi connectivity index (χ1) is 12.3. The van der Waals surface area contributed by atoms with Crippen molar-refractivity contribution in [2.24, 2.45) is 0 Å². The van der Waals surface area contributed by atoms with Gasteiger partial charge in [0.2, 0.25) is 0 Å². The fourth-order valence-electron chi connectivity index (χ4n) is 2.88. The highest BCUT2D eigenvalue weighted by molar-refractivity contribution is 6.11. The number of Topliss-reactive ketones (excluding diaryl/α,β-unsaturated/α-hetero) is 1. The number of amides is 2. The Morgan fingerprint density at radius 3 is 2.38 bits per heavy atom. The monoisotopic (exact) mass is 360 g/mol. The number of alkyl halides is 3. The van der Waals surface area contributed by atoms with Crippen LogP contribution in [0.15, 0.2) is 65.9 Å². The van der Waals surface area contributed by atoms with Gasteiger partial charge in [0.15, 0.2) is 5.78 Å². The Bertz CT molecular complexity index is 889. The minimum atomic E-state index is -4.52. The lowest BCUT2D eigenvalue weighted by molar-refractivity contribution is -0.137. The highest BCUT2D eigenvalue weighted by Crippen LogP contribution is 2.34. The lowest BCUT2D eigenvalue weighted by Crippen LogP contribution is -2.45. The number of ketones is 1. The smallest absolute Gasteiger partial charge is 0.327 e. The largest absolute Gasteiger partial charge is 0.416 e. The van der Waals surface area contributed by atoms with Crippen molar-refractivity contribution in [2.75, 3.05) is 0 Å². The molecule has 0 bridgehead atoms. The second-order valence-electron chi connectivity index (χ2n) is 5.89. The Labute approximate surface area is 147 Å². The first-order valence-electron chi connectivity index (χ1n) is 7.82. The molecule has 26 heavy (non-hydrogen) atoms. The van der Waals surface area contributed by atoms with Crippen molar-refractivity contribution in [1.82, 2.24) is 10.6 Å². The predicted octanol–water partition coefficient (Wildman–Crippen LogP) is 4.22. The van der Waals surface area contributed by atoms with Gasteiger partial charge in [0, 0.05) is 16.8 Å². The summed E-state index contributed by atoms with van der Waals surface area (Å²) in [5.41, 5.74) is 0.247. The summed E-state index contributed by atoms with van der Waals surface area (Å²) in [6.45, 7) is 1.55. The van der Waals surface area contributed by atoms with E-state index in [4.69, 9.17) is 0 Å². The zero-order valence-electron chi connectivity index (χ0n) is 13.7. The van der Waals surface area contributed by atoms with E-state index in [0.29, 0.717) is 11.3 Å². The van der Waals surface area contributed by atoms with Gasteiger partial charge in [0.05, 0.1) is 11.6 Å². The van der Waals surface area contributed by atoms with E-state index in [9.17, 15) is 22.8 Å². The van der Waals surface area contributed by atoms with Crippen molar-refractivity contribution in [1.29, 1.82) is 0 Å². The topological polar surface area (TPSA) is 58.2 Å². The summed E-state index contributed by atoms with van der Waals surface area (Å²) in [7, 11) is 0. The Kier molecular flexibility index (Phi) is 4.54. The highest BCUT2D eigenvalue weighted by Gasteiger charge is 2.34. The minimum Gasteiger partial charge on any atom is -0.327 e. The van der Waals surface area contributed by atoms with Gasteiger partial charge in [-0.1, -0.05) is 42.5 Å². The quantitative estimate of drug-likeness (QED) is 0.806. The maximum absolute atomic E-state index is 13.0. The van der Waals surface area contributed by atoms with Crippen LogP contribution in [0.4, 0.5) is 18.0 Å². The molecule has 4 nitrogen and oxygen atoms in total. The van der Waals surface area contributed by atoms with E-state index < -0.39 is 23.8 Å². The molecule has 0 aliphatic carbocycles. The molecule has 1 unspecified atom stereocenters. The zero-order valence-corrected chi connectivity index (χ0v) is 13.7. The number of halogens is 3. The lowest BCUT2D eigenvalue weighted by Gasteiger charge is -2.29. The number of allylic oxidation sites excluding steroid dienone is 1. The van der Waals surface area contributed by atoms with Crippen molar-refractivity contribution in [3.63, 3.8) is 0 Å². The van der Waals surface area contributed by atoms with Gasteiger partial charge in [-0.3, -0.25) is 4.79 Å². The minimum absolute atomic E-state index is 0.188. The maximum atomic E-state index is 13.0. The zero-order chi connectivity index (χ0) is 18.9. The highest BCUT2D eigenvalue weighted by atomic mass is 19.4. The summed E-state index contributed by atoms with van der Waals surface area (Å²) < 4.78 is 39.1. The fraction of sp³-hybridized carbons (Fsp3) is 0.158. The van der Waals surface area contributed by atoms with Gasteiger partial charge >= 0.3 is 12.2 Å². The van der Waals surface area contributed by atoms with E-state index in [-0.39, 0.29) is 16.9 Å². The fourth-order valence-corrected chi connectivity index (χ4v) is 2.88. The third-order valence-corrected chi connectivity index (χ3v) is 4.10. The van der Waals surface area contributed by atoms with Crippen LogP contribution in [0.5, 0.6) is 0 Å². The van der Waals surface area contributed by atoms with Crippen molar-refractivity contribution >= 4 is 11.8 Å². The third kappa shape index (κ3) is 3.46. The van der Waals surface area contributed by atoms with Gasteiger partial charge in [0.25, 0.3) is 0 Å². The molecule has 7 heteroatoms. The summed E-state index contributed by atoms with van der Waals surface area (Å²) in [5.74, 6) is -0.363. The second kappa shape index (κ2) is 6.67. The summed E-state index contributed by atoms with van der Waals surface area (Å²) in [5, 5.41) is 5.06. The van der Waals surface area contributed by atoms with Crippen molar-refractivity contribution < 1.29 is 22.8 Å². The molecule has 1 atom stereocenters. The summed E-state index contributed by atoms with van der Waals surface area (Å²) >= 11 is 0. The molecule has 2 amide bonds. The van der Waals surface area contributed by atoms with Crippen LogP contribution < -0.4 is 10.6 Å². The Hall–Kier alpha value is -3.09. The number of hydrogen-bond acceptors (Lipinski definition) is 2. The van der Waals surface area contributed by atoms with Crippen LogP contribution >= 0.6 is 0 Å². The van der Waals surface area contributed by atoms with Crippen LogP contribution in [-0.2, 0) is 6.18 Å². The van der Waals surface area contributed by atoms with E-state index in [1.54, 1.807) is 37.3 Å². The normalized spacial score (nSPS) is 17.5. The molecule has 0 saturated carbocycles. The molecule has 1 heterocycles. The molecule has 2 aromatic carbocycles. The molecular weight excluding hydrogens is 345 g/mol. The van der Waals surface area contributed by atoms with Crippen LogP contribution in [0.1, 0.15) is 34.5 Å². The van der Waals surface area contributed by atoms with Crippen LogP contribution in [0.25, 0.3) is 0 Å². The van der Waals surface area contributed by atoms with Gasteiger partial charge in [-0.15, -0.1) is 0 Å². The number of carbonyl (C=O) groups is 2. The first-order valence-corrected chi connectivity index (χ1v) is 7.82. The Morgan fingerprint density at radius 2 is 1.73 bits per heavy atom. The molecule has 1 aliphatic heterocycles. The van der Waals surface area contributed by atoms with Crippen LogP contribution in [0.3, 0.4) is 0 Å². The summed E-state index contributed by atoms with van der Waals surface area (Å²) in [4.78, 5) is 24.8. The standard InChI is InChI=1S/C19H15F3N2O2/c1-11-15(17(25)12-6-3-2-4-7-12)16(24-18(26)23-11)13-8-5-9-14(10-13)19(20,21)22/h2-10,16H,1H3,(H2,23,24,26). The number of hydrogen-bond donors (Lipinski definition) is 2. The third-order valence-electron chi connectivity index (χ3n) is 4.10. The van der Waals surface area contributed by atoms with Gasteiger partial charge < -0.3 is 10.6 Å². The van der Waals surface area contributed by atoms with E-state index in [1.807, 2.05) is 0 Å². The molecule has 2 N–H and O–H groups in total. The molecule has 0 radical (unpaired) electrons. The number of nitrogens with one attached hydrogen (secondary N) is 2. The molecule has 1 aliphatic rings. The van der Waals surface area contributed by atoms with Gasteiger partial charge in [-0.2, -0.15) is 13.2 Å². The van der Waals surface area contributed by atoms with E-state index in [0.717, 1.165) is 12.1 Å². The van der Waals surface area contributed by atoms with Crippen molar-refractivity contribution in [2.45, 2.75) is 19.1 Å². The average Bonchev–Trinajstić information content (AvgIpc) is 2.61. The molecule has 2 aromatic rings. The molecule has 0 aromatic heterocycles. The summed E-state index contributed by atoms with van der Waals surface area (Å²) in [6, 6.07) is 11.4. The number of rotatable bonds is 3. The van der Waals surface area contributed by atoms with Crippen LogP contribution in [0, 0.1) is 0 Å². The summed E-state index contributed by atoms with van der Waals surface area (Å²) in [6.07, 6.45) is -4.52. The van der Waals surface area contributed by atoms with Gasteiger partial charge in [-0.25, -0.2) is 4.79 Å². The second-order valence-corrected chi connectivity index (χ2v) is 5.89. The van der Waals surface area contributed by atoms with Gasteiger partial charge in [0.1, 0.15) is 0 Å². The molecule has 134 valence electrons. The van der Waals surface area contributed by atoms with Crippen molar-refractivity contribution in [3.8, 4) is 0 Å². The SMILES string of the molecule is CC1=C(C(=O)c2ccccc2)C(c2cccc(C(F)(F)F)c2)NC(=O)N1. The van der Waals surface area contributed by atoms with Crippen LogP contribution in [0.2, 0.25) is 0 Å². The Balaban J connectivity index is 2.08.